The van der Waals surface area contributed by atoms with Crippen molar-refractivity contribution >= 4 is 34.2 Å². The Morgan fingerprint density at radius 2 is 1.44 bits per heavy atom. The van der Waals surface area contributed by atoms with E-state index >= 15 is 0 Å². The van der Waals surface area contributed by atoms with E-state index in [1.807, 2.05) is 60.7 Å². The summed E-state index contributed by atoms with van der Waals surface area (Å²) in [5.41, 5.74) is 1.51. The van der Waals surface area contributed by atoms with Crippen LogP contribution in [0.1, 0.15) is 70.3 Å². The summed E-state index contributed by atoms with van der Waals surface area (Å²) in [4.78, 5) is 39.4. The fourth-order valence-electron chi connectivity index (χ4n) is 3.54. The van der Waals surface area contributed by atoms with Crippen LogP contribution in [0.25, 0.3) is 0 Å². The molecule has 3 rings (SSSR count). The third-order valence-corrected chi connectivity index (χ3v) is 6.16. The lowest BCUT2D eigenvalue weighted by Gasteiger charge is -2.19. The van der Waals surface area contributed by atoms with Crippen LogP contribution >= 0.6 is 11.3 Å². The maximum atomic E-state index is 13.6. The van der Waals surface area contributed by atoms with E-state index in [4.69, 9.17) is 9.47 Å². The number of ether oxygens (including phenoxy) is 2. The van der Waals surface area contributed by atoms with Crippen LogP contribution in [0, 0.1) is 6.92 Å². The number of thiophene rings is 1. The molecule has 1 N–H and O–H groups in total. The van der Waals surface area contributed by atoms with Crippen molar-refractivity contribution in [1.29, 1.82) is 0 Å². The summed E-state index contributed by atoms with van der Waals surface area (Å²) in [5.74, 6) is -2.08. The SMILES string of the molecule is CCOC(=O)c1c(NC(=O)C(c2ccccc2)c2ccccc2)sc(C(=O)OC(C)(C)C)c1C. The number of benzene rings is 2. The van der Waals surface area contributed by atoms with Gasteiger partial charge < -0.3 is 14.8 Å². The molecule has 178 valence electrons. The summed E-state index contributed by atoms with van der Waals surface area (Å²) in [6.07, 6.45) is 0. The molecule has 0 saturated heterocycles. The number of hydrogen-bond donors (Lipinski definition) is 1. The first kappa shape index (κ1) is 25.2. The highest BCUT2D eigenvalue weighted by molar-refractivity contribution is 7.18. The Bertz CT molecular complexity index is 1120. The second-order valence-electron chi connectivity index (χ2n) is 8.73. The van der Waals surface area contributed by atoms with Crippen molar-refractivity contribution in [2.75, 3.05) is 11.9 Å². The largest absolute Gasteiger partial charge is 0.462 e. The van der Waals surface area contributed by atoms with Gasteiger partial charge in [-0.2, -0.15) is 0 Å². The zero-order valence-corrected chi connectivity index (χ0v) is 20.8. The number of anilines is 1. The number of amides is 1. The predicted molar refractivity (Wildman–Crippen MR) is 134 cm³/mol. The topological polar surface area (TPSA) is 81.7 Å². The molecule has 7 heteroatoms. The van der Waals surface area contributed by atoms with Crippen LogP contribution in [0.4, 0.5) is 5.00 Å². The van der Waals surface area contributed by atoms with Crippen molar-refractivity contribution in [3.8, 4) is 0 Å². The summed E-state index contributed by atoms with van der Waals surface area (Å²) in [5, 5.41) is 3.16. The summed E-state index contributed by atoms with van der Waals surface area (Å²) >= 11 is 1.02. The van der Waals surface area contributed by atoms with Crippen molar-refractivity contribution in [3.63, 3.8) is 0 Å². The smallest absolute Gasteiger partial charge is 0.349 e. The second kappa shape index (κ2) is 10.7. The molecule has 0 aliphatic rings. The van der Waals surface area contributed by atoms with Crippen LogP contribution < -0.4 is 5.32 Å². The number of carbonyl (C=O) groups excluding carboxylic acids is 3. The fourth-order valence-corrected chi connectivity index (χ4v) is 4.61. The van der Waals surface area contributed by atoms with Gasteiger partial charge in [-0.1, -0.05) is 60.7 Å². The van der Waals surface area contributed by atoms with Gasteiger partial charge in [-0.3, -0.25) is 4.79 Å². The minimum atomic E-state index is -0.702. The molecule has 6 nitrogen and oxygen atoms in total. The summed E-state index contributed by atoms with van der Waals surface area (Å²) in [7, 11) is 0. The average Bonchev–Trinajstić information content (AvgIpc) is 3.10. The molecule has 0 aliphatic carbocycles. The van der Waals surface area contributed by atoms with E-state index in [2.05, 4.69) is 5.32 Å². The number of nitrogens with one attached hydrogen (secondary N) is 1. The first-order valence-corrected chi connectivity index (χ1v) is 11.9. The molecular formula is C27H29NO5S. The van der Waals surface area contributed by atoms with Crippen LogP contribution in [-0.2, 0) is 14.3 Å². The van der Waals surface area contributed by atoms with Gasteiger partial charge in [0.15, 0.2) is 0 Å². The molecule has 0 atom stereocenters. The van der Waals surface area contributed by atoms with Gasteiger partial charge in [0.2, 0.25) is 5.91 Å². The Morgan fingerprint density at radius 3 is 1.91 bits per heavy atom. The highest BCUT2D eigenvalue weighted by Crippen LogP contribution is 2.36. The molecule has 0 spiro atoms. The van der Waals surface area contributed by atoms with Crippen molar-refractivity contribution in [1.82, 2.24) is 0 Å². The van der Waals surface area contributed by atoms with E-state index in [-0.39, 0.29) is 28.0 Å². The third-order valence-electron chi connectivity index (χ3n) is 4.98. The quantitative estimate of drug-likeness (QED) is 0.423. The molecular weight excluding hydrogens is 450 g/mol. The van der Waals surface area contributed by atoms with Crippen LogP contribution in [-0.4, -0.2) is 30.1 Å². The minimum absolute atomic E-state index is 0.167. The molecule has 0 radical (unpaired) electrons. The Morgan fingerprint density at radius 1 is 0.912 bits per heavy atom. The molecule has 0 saturated carbocycles. The van der Waals surface area contributed by atoms with E-state index in [0.717, 1.165) is 22.5 Å². The highest BCUT2D eigenvalue weighted by atomic mass is 32.1. The molecule has 1 amide bonds. The minimum Gasteiger partial charge on any atom is -0.462 e. The lowest BCUT2D eigenvalue weighted by molar-refractivity contribution is -0.116. The molecule has 0 unspecified atom stereocenters. The van der Waals surface area contributed by atoms with Crippen molar-refractivity contribution < 1.29 is 23.9 Å². The first-order valence-electron chi connectivity index (χ1n) is 11.1. The van der Waals surface area contributed by atoms with Gasteiger partial charge in [-0.05, 0) is 51.3 Å². The fraction of sp³-hybridized carbons (Fsp3) is 0.296. The summed E-state index contributed by atoms with van der Waals surface area (Å²) < 4.78 is 10.7. The van der Waals surface area contributed by atoms with Gasteiger partial charge >= 0.3 is 11.9 Å². The molecule has 2 aromatic carbocycles. The standard InChI is InChI=1S/C27H29NO5S/c1-6-32-25(30)20-17(2)22(26(31)33-27(3,4)5)34-24(20)28-23(29)21(18-13-9-7-10-14-18)19-15-11-8-12-16-19/h7-16,21H,6H2,1-5H3,(H,28,29). The van der Waals surface area contributed by atoms with Gasteiger partial charge in [0.1, 0.15) is 15.5 Å². The second-order valence-corrected chi connectivity index (χ2v) is 9.75. The van der Waals surface area contributed by atoms with Crippen molar-refractivity contribution in [2.24, 2.45) is 0 Å². The zero-order chi connectivity index (χ0) is 24.9. The third kappa shape index (κ3) is 5.91. The molecule has 1 aromatic heterocycles. The van der Waals surface area contributed by atoms with Gasteiger partial charge in [0.05, 0.1) is 18.1 Å². The number of rotatable bonds is 7. The first-order chi connectivity index (χ1) is 16.1. The lowest BCUT2D eigenvalue weighted by Crippen LogP contribution is -2.23. The molecule has 3 aromatic rings. The maximum absolute atomic E-state index is 13.6. The van der Waals surface area contributed by atoms with Crippen LogP contribution in [0.3, 0.4) is 0 Å². The maximum Gasteiger partial charge on any atom is 0.349 e. The molecule has 0 bridgehead atoms. The Kier molecular flexibility index (Phi) is 7.89. The highest BCUT2D eigenvalue weighted by Gasteiger charge is 2.31. The van der Waals surface area contributed by atoms with Gasteiger partial charge in [-0.15, -0.1) is 11.3 Å². The van der Waals surface area contributed by atoms with Crippen LogP contribution in [0.2, 0.25) is 0 Å². The van der Waals surface area contributed by atoms with Gasteiger partial charge in [-0.25, -0.2) is 9.59 Å². The number of carbonyl (C=O) groups is 3. The summed E-state index contributed by atoms with van der Waals surface area (Å²) in [6.45, 7) is 8.84. The summed E-state index contributed by atoms with van der Waals surface area (Å²) in [6, 6.07) is 18.8. The molecule has 0 fully saturated rings. The number of hydrogen-bond acceptors (Lipinski definition) is 6. The van der Waals surface area contributed by atoms with Gasteiger partial charge in [0.25, 0.3) is 0 Å². The Labute approximate surface area is 203 Å². The van der Waals surface area contributed by atoms with Crippen LogP contribution in [0.5, 0.6) is 0 Å². The molecule has 1 heterocycles. The van der Waals surface area contributed by atoms with E-state index in [1.54, 1.807) is 34.6 Å². The Hall–Kier alpha value is -3.45. The Balaban J connectivity index is 2.03. The van der Waals surface area contributed by atoms with E-state index in [9.17, 15) is 14.4 Å². The number of esters is 2. The van der Waals surface area contributed by atoms with Crippen LogP contribution in [0.15, 0.2) is 60.7 Å². The zero-order valence-electron chi connectivity index (χ0n) is 20.0. The normalized spacial score (nSPS) is 11.2. The van der Waals surface area contributed by atoms with Gasteiger partial charge in [0, 0.05) is 0 Å². The average molecular weight is 480 g/mol. The predicted octanol–water partition coefficient (Wildman–Crippen LogP) is 5.96. The molecule has 0 aliphatic heterocycles. The molecule has 34 heavy (non-hydrogen) atoms. The van der Waals surface area contributed by atoms with E-state index in [1.165, 1.54) is 0 Å². The van der Waals surface area contributed by atoms with Crippen molar-refractivity contribution in [2.45, 2.75) is 46.1 Å². The lowest BCUT2D eigenvalue weighted by atomic mass is 9.90. The van der Waals surface area contributed by atoms with Crippen molar-refractivity contribution in [3.05, 3.63) is 87.8 Å². The van der Waals surface area contributed by atoms with E-state index in [0.29, 0.717) is 5.56 Å². The van der Waals surface area contributed by atoms with E-state index < -0.39 is 23.5 Å². The monoisotopic (exact) mass is 479 g/mol.